The molecule has 0 aliphatic carbocycles. The number of hydrogen-bond donors (Lipinski definition) is 1. The van der Waals surface area contributed by atoms with Crippen LogP contribution in [0.4, 0.5) is 5.69 Å². The molecule has 0 aliphatic rings. The molecule has 1 amide bonds. The average Bonchev–Trinajstić information content (AvgIpc) is 2.48. The summed E-state index contributed by atoms with van der Waals surface area (Å²) in [5, 5.41) is 3.37. The summed E-state index contributed by atoms with van der Waals surface area (Å²) in [6, 6.07) is 14.4. The molecular weight excluding hydrogens is 298 g/mol. The summed E-state index contributed by atoms with van der Waals surface area (Å²) >= 11 is 5.83. The molecule has 0 spiro atoms. The molecule has 2 aromatic carbocycles. The van der Waals surface area contributed by atoms with Crippen LogP contribution in [0.3, 0.4) is 0 Å². The third-order valence-electron chi connectivity index (χ3n) is 3.20. The first-order valence-electron chi connectivity index (χ1n) is 6.82. The van der Waals surface area contributed by atoms with Gasteiger partial charge in [-0.1, -0.05) is 41.9 Å². The van der Waals surface area contributed by atoms with E-state index in [9.17, 15) is 9.59 Å². The minimum atomic E-state index is -0.420. The van der Waals surface area contributed by atoms with Gasteiger partial charge in [0.05, 0.1) is 5.57 Å². The molecular formula is C18H16ClNO2. The van der Waals surface area contributed by atoms with Crippen molar-refractivity contribution in [3.05, 3.63) is 70.3 Å². The molecule has 0 bridgehead atoms. The lowest BCUT2D eigenvalue weighted by atomic mass is 10.1. The third kappa shape index (κ3) is 4.06. The van der Waals surface area contributed by atoms with Gasteiger partial charge in [-0.3, -0.25) is 9.59 Å². The smallest absolute Gasteiger partial charge is 0.259 e. The molecule has 0 saturated heterocycles. The zero-order valence-electron chi connectivity index (χ0n) is 12.4. The highest BCUT2D eigenvalue weighted by Crippen LogP contribution is 2.17. The highest BCUT2D eigenvalue weighted by molar-refractivity contribution is 6.30. The molecule has 112 valence electrons. The van der Waals surface area contributed by atoms with Crippen LogP contribution in [0.25, 0.3) is 6.08 Å². The van der Waals surface area contributed by atoms with Gasteiger partial charge in [0.25, 0.3) is 5.91 Å². The van der Waals surface area contributed by atoms with E-state index in [1.165, 1.54) is 6.92 Å². The molecule has 4 heteroatoms. The van der Waals surface area contributed by atoms with E-state index < -0.39 is 5.91 Å². The quantitative estimate of drug-likeness (QED) is 0.521. The number of nitrogens with one attached hydrogen (secondary N) is 1. The van der Waals surface area contributed by atoms with Crippen LogP contribution in [-0.4, -0.2) is 11.7 Å². The summed E-state index contributed by atoms with van der Waals surface area (Å²) in [5.74, 6) is -0.710. The predicted octanol–water partition coefficient (Wildman–Crippen LogP) is 4.26. The number of carbonyl (C=O) groups excluding carboxylic acids is 2. The van der Waals surface area contributed by atoms with Gasteiger partial charge in [-0.2, -0.15) is 0 Å². The maximum atomic E-state index is 12.4. The van der Waals surface area contributed by atoms with E-state index in [-0.39, 0.29) is 11.4 Å². The van der Waals surface area contributed by atoms with Crippen LogP contribution in [0.15, 0.2) is 54.1 Å². The summed E-state index contributed by atoms with van der Waals surface area (Å²) in [4.78, 5) is 24.1. The largest absolute Gasteiger partial charge is 0.322 e. The number of benzene rings is 2. The van der Waals surface area contributed by atoms with Gasteiger partial charge in [0, 0.05) is 10.7 Å². The number of rotatable bonds is 4. The first-order valence-corrected chi connectivity index (χ1v) is 7.20. The van der Waals surface area contributed by atoms with Crippen molar-refractivity contribution >= 4 is 35.1 Å². The number of carbonyl (C=O) groups is 2. The van der Waals surface area contributed by atoms with E-state index in [0.29, 0.717) is 10.7 Å². The van der Waals surface area contributed by atoms with Gasteiger partial charge in [-0.05, 0) is 49.2 Å². The Kier molecular flexibility index (Phi) is 5.12. The molecule has 22 heavy (non-hydrogen) atoms. The minimum absolute atomic E-state index is 0.102. The third-order valence-corrected chi connectivity index (χ3v) is 3.45. The van der Waals surface area contributed by atoms with Gasteiger partial charge >= 0.3 is 0 Å². The van der Waals surface area contributed by atoms with E-state index >= 15 is 0 Å². The molecule has 0 aliphatic heterocycles. The van der Waals surface area contributed by atoms with E-state index in [1.54, 1.807) is 36.4 Å². The van der Waals surface area contributed by atoms with Crippen LogP contribution in [-0.2, 0) is 9.59 Å². The second-order valence-corrected chi connectivity index (χ2v) is 5.37. The Morgan fingerprint density at radius 1 is 1.05 bits per heavy atom. The summed E-state index contributed by atoms with van der Waals surface area (Å²) in [6.45, 7) is 3.27. The van der Waals surface area contributed by atoms with Crippen LogP contribution in [0.5, 0.6) is 0 Å². The maximum absolute atomic E-state index is 12.4. The Bertz CT molecular complexity index is 733. The number of hydrogen-bond acceptors (Lipinski definition) is 2. The van der Waals surface area contributed by atoms with Crippen molar-refractivity contribution in [3.63, 3.8) is 0 Å². The number of halogens is 1. The summed E-state index contributed by atoms with van der Waals surface area (Å²) < 4.78 is 0. The lowest BCUT2D eigenvalue weighted by molar-refractivity contribution is -0.118. The van der Waals surface area contributed by atoms with Gasteiger partial charge < -0.3 is 5.32 Å². The summed E-state index contributed by atoms with van der Waals surface area (Å²) in [6.07, 6.45) is 1.56. The lowest BCUT2D eigenvalue weighted by Crippen LogP contribution is -2.19. The Morgan fingerprint density at radius 3 is 2.27 bits per heavy atom. The SMILES string of the molecule is CC(=O)C(=Cc1ccc(Cl)cc1)C(=O)Nc1ccccc1C. The Balaban J connectivity index is 2.28. The van der Waals surface area contributed by atoms with Gasteiger partial charge in [-0.25, -0.2) is 0 Å². The van der Waals surface area contributed by atoms with Crippen LogP contribution in [0.2, 0.25) is 5.02 Å². The molecule has 2 aromatic rings. The zero-order chi connectivity index (χ0) is 16.1. The van der Waals surface area contributed by atoms with Crippen molar-refractivity contribution in [3.8, 4) is 0 Å². The van der Waals surface area contributed by atoms with Crippen molar-refractivity contribution in [1.82, 2.24) is 0 Å². The molecule has 0 unspecified atom stereocenters. The fourth-order valence-corrected chi connectivity index (χ4v) is 2.08. The van der Waals surface area contributed by atoms with Crippen molar-refractivity contribution in [2.45, 2.75) is 13.8 Å². The summed E-state index contributed by atoms with van der Waals surface area (Å²) in [5.41, 5.74) is 2.47. The standard InChI is InChI=1S/C18H16ClNO2/c1-12-5-3-4-6-17(12)20-18(22)16(13(2)21)11-14-7-9-15(19)10-8-14/h3-11H,1-2H3,(H,20,22). The van der Waals surface area contributed by atoms with Crippen molar-refractivity contribution < 1.29 is 9.59 Å². The van der Waals surface area contributed by atoms with E-state index in [2.05, 4.69) is 5.32 Å². The molecule has 0 fully saturated rings. The van der Waals surface area contributed by atoms with Gasteiger partial charge in [-0.15, -0.1) is 0 Å². The second-order valence-electron chi connectivity index (χ2n) is 4.93. The molecule has 0 saturated carbocycles. The first kappa shape index (κ1) is 16.0. The molecule has 0 radical (unpaired) electrons. The van der Waals surface area contributed by atoms with Gasteiger partial charge in [0.15, 0.2) is 5.78 Å². The minimum Gasteiger partial charge on any atom is -0.322 e. The molecule has 1 N–H and O–H groups in total. The number of Topliss-reactive ketones (excluding diaryl/α,β-unsaturated/α-hetero) is 1. The van der Waals surface area contributed by atoms with Crippen LogP contribution in [0, 0.1) is 6.92 Å². The summed E-state index contributed by atoms with van der Waals surface area (Å²) in [7, 11) is 0. The Labute approximate surface area is 134 Å². The zero-order valence-corrected chi connectivity index (χ0v) is 13.1. The van der Waals surface area contributed by atoms with Crippen molar-refractivity contribution in [1.29, 1.82) is 0 Å². The monoisotopic (exact) mass is 313 g/mol. The topological polar surface area (TPSA) is 46.2 Å². The maximum Gasteiger partial charge on any atom is 0.259 e. The van der Waals surface area contributed by atoms with Gasteiger partial charge in [0.1, 0.15) is 0 Å². The normalized spacial score (nSPS) is 11.1. The van der Waals surface area contributed by atoms with Crippen LogP contribution in [0.1, 0.15) is 18.1 Å². The van der Waals surface area contributed by atoms with Gasteiger partial charge in [0.2, 0.25) is 0 Å². The van der Waals surface area contributed by atoms with Crippen LogP contribution >= 0.6 is 11.6 Å². The van der Waals surface area contributed by atoms with E-state index in [4.69, 9.17) is 11.6 Å². The number of para-hydroxylation sites is 1. The Hall–Kier alpha value is -2.39. The molecule has 3 nitrogen and oxygen atoms in total. The van der Waals surface area contributed by atoms with Crippen molar-refractivity contribution in [2.24, 2.45) is 0 Å². The lowest BCUT2D eigenvalue weighted by Gasteiger charge is -2.09. The molecule has 0 aromatic heterocycles. The van der Waals surface area contributed by atoms with Crippen LogP contribution < -0.4 is 5.32 Å². The highest BCUT2D eigenvalue weighted by Gasteiger charge is 2.15. The second kappa shape index (κ2) is 7.05. The molecule has 0 heterocycles. The molecule has 0 atom stereocenters. The fourth-order valence-electron chi connectivity index (χ4n) is 1.96. The predicted molar refractivity (Wildman–Crippen MR) is 89.9 cm³/mol. The Morgan fingerprint density at radius 2 is 1.68 bits per heavy atom. The van der Waals surface area contributed by atoms with Crippen molar-refractivity contribution in [2.75, 3.05) is 5.32 Å². The number of amides is 1. The number of anilines is 1. The fraction of sp³-hybridized carbons (Fsp3) is 0.111. The number of aryl methyl sites for hydroxylation is 1. The highest BCUT2D eigenvalue weighted by atomic mass is 35.5. The number of ketones is 1. The molecule has 2 rings (SSSR count). The van der Waals surface area contributed by atoms with E-state index in [0.717, 1.165) is 11.1 Å². The average molecular weight is 314 g/mol. The van der Waals surface area contributed by atoms with E-state index in [1.807, 2.05) is 25.1 Å². The first-order chi connectivity index (χ1) is 10.5.